The molecule has 5 rings (SSSR count). The first-order valence-corrected chi connectivity index (χ1v) is 9.72. The topological polar surface area (TPSA) is 91.4 Å². The second-order valence-corrected chi connectivity index (χ2v) is 7.73. The van der Waals surface area contributed by atoms with Crippen molar-refractivity contribution in [2.45, 2.75) is 13.0 Å². The molecule has 0 spiro atoms. The molecule has 1 saturated heterocycles. The molecule has 3 aliphatic rings. The van der Waals surface area contributed by atoms with Crippen LogP contribution in [0.5, 0.6) is 0 Å². The van der Waals surface area contributed by atoms with Gasteiger partial charge in [0.15, 0.2) is 0 Å². The predicted octanol–water partition coefficient (Wildman–Crippen LogP) is 2.71. The normalized spacial score (nSPS) is 26.7. The van der Waals surface area contributed by atoms with Gasteiger partial charge in [0.05, 0.1) is 29.4 Å². The number of hydrogen-bond acceptors (Lipinski definition) is 4. The van der Waals surface area contributed by atoms with Crippen LogP contribution < -0.4 is 15.5 Å². The third-order valence-electron chi connectivity index (χ3n) is 6.04. The van der Waals surface area contributed by atoms with Crippen molar-refractivity contribution >= 4 is 29.2 Å². The van der Waals surface area contributed by atoms with E-state index >= 15 is 0 Å². The molecule has 2 aromatic rings. The van der Waals surface area contributed by atoms with Crippen molar-refractivity contribution < 1.29 is 14.4 Å². The van der Waals surface area contributed by atoms with Crippen molar-refractivity contribution in [1.29, 1.82) is 0 Å². The van der Waals surface area contributed by atoms with Crippen LogP contribution in [-0.2, 0) is 16.1 Å². The Bertz CT molecular complexity index is 972. The highest BCUT2D eigenvalue weighted by atomic mass is 16.2. The van der Waals surface area contributed by atoms with E-state index in [4.69, 9.17) is 0 Å². The molecule has 2 heterocycles. The fraction of sp³-hybridized carbons (Fsp3) is 0.273. The number of fused-ring (bicyclic) bond motifs is 5. The largest absolute Gasteiger partial charge is 0.334 e. The lowest BCUT2D eigenvalue weighted by Gasteiger charge is -2.17. The molecular weight excluding hydrogens is 368 g/mol. The van der Waals surface area contributed by atoms with Gasteiger partial charge in [0.1, 0.15) is 0 Å². The summed E-state index contributed by atoms with van der Waals surface area (Å²) >= 11 is 0. The van der Waals surface area contributed by atoms with E-state index in [9.17, 15) is 14.4 Å². The molecule has 0 radical (unpaired) electrons. The maximum absolute atomic E-state index is 12.9. The molecule has 146 valence electrons. The Labute approximate surface area is 167 Å². The van der Waals surface area contributed by atoms with Crippen LogP contribution in [0.4, 0.5) is 16.2 Å². The lowest BCUT2D eigenvalue weighted by molar-refractivity contribution is -0.123. The van der Waals surface area contributed by atoms with Crippen molar-refractivity contribution in [2.24, 2.45) is 23.7 Å². The van der Waals surface area contributed by atoms with Crippen molar-refractivity contribution in [3.63, 3.8) is 0 Å². The van der Waals surface area contributed by atoms with Crippen LogP contribution in [0.15, 0.2) is 60.9 Å². The van der Waals surface area contributed by atoms with Crippen LogP contribution in [0.25, 0.3) is 0 Å². The Morgan fingerprint density at radius 1 is 1.03 bits per heavy atom. The molecule has 4 amide bonds. The Balaban J connectivity index is 1.22. The summed E-state index contributed by atoms with van der Waals surface area (Å²) in [7, 11) is 0. The van der Waals surface area contributed by atoms with E-state index in [1.807, 2.05) is 12.1 Å². The van der Waals surface area contributed by atoms with E-state index in [0.717, 1.165) is 12.0 Å². The fourth-order valence-corrected chi connectivity index (χ4v) is 4.71. The lowest BCUT2D eigenvalue weighted by Crippen LogP contribution is -2.32. The van der Waals surface area contributed by atoms with Crippen molar-refractivity contribution in [3.8, 4) is 0 Å². The van der Waals surface area contributed by atoms with E-state index in [1.165, 1.54) is 4.90 Å². The number of urea groups is 1. The lowest BCUT2D eigenvalue weighted by atomic mass is 9.85. The molecule has 4 atom stereocenters. The van der Waals surface area contributed by atoms with Crippen LogP contribution in [0.3, 0.4) is 0 Å². The van der Waals surface area contributed by atoms with E-state index in [2.05, 4.69) is 27.8 Å². The highest BCUT2D eigenvalue weighted by molar-refractivity contribution is 6.22. The zero-order valence-corrected chi connectivity index (χ0v) is 15.6. The van der Waals surface area contributed by atoms with E-state index in [-0.39, 0.29) is 41.5 Å². The maximum atomic E-state index is 12.9. The van der Waals surface area contributed by atoms with Gasteiger partial charge in [0.2, 0.25) is 11.8 Å². The number of carbonyl (C=O) groups excluding carboxylic acids is 3. The van der Waals surface area contributed by atoms with Crippen LogP contribution in [0, 0.1) is 23.7 Å². The summed E-state index contributed by atoms with van der Waals surface area (Å²) in [5.41, 5.74) is 2.08. The van der Waals surface area contributed by atoms with Gasteiger partial charge in [-0.05, 0) is 48.1 Å². The van der Waals surface area contributed by atoms with Gasteiger partial charge in [-0.25, -0.2) is 4.79 Å². The highest BCUT2D eigenvalue weighted by Crippen LogP contribution is 2.53. The summed E-state index contributed by atoms with van der Waals surface area (Å²) in [4.78, 5) is 43.0. The summed E-state index contributed by atoms with van der Waals surface area (Å²) in [6.45, 7) is 0.327. The molecule has 2 fully saturated rings. The molecule has 1 aromatic heterocycles. The summed E-state index contributed by atoms with van der Waals surface area (Å²) in [5.74, 6) is -0.163. The summed E-state index contributed by atoms with van der Waals surface area (Å²) in [6.07, 6.45) is 8.30. The van der Waals surface area contributed by atoms with E-state index in [1.54, 1.807) is 36.7 Å². The van der Waals surface area contributed by atoms with Crippen LogP contribution >= 0.6 is 0 Å². The van der Waals surface area contributed by atoms with Crippen LogP contribution in [0.2, 0.25) is 0 Å². The van der Waals surface area contributed by atoms with Gasteiger partial charge in [-0.15, -0.1) is 0 Å². The minimum Gasteiger partial charge on any atom is -0.334 e. The third kappa shape index (κ3) is 2.99. The van der Waals surface area contributed by atoms with Crippen molar-refractivity contribution in [1.82, 2.24) is 10.3 Å². The number of rotatable bonds is 4. The number of hydrogen-bond donors (Lipinski definition) is 2. The molecule has 2 bridgehead atoms. The summed E-state index contributed by atoms with van der Waals surface area (Å²) in [5, 5.41) is 5.47. The number of benzene rings is 1. The quantitative estimate of drug-likeness (QED) is 0.622. The minimum absolute atomic E-state index is 0.0847. The monoisotopic (exact) mass is 388 g/mol. The Hall–Kier alpha value is -3.48. The minimum atomic E-state index is -0.331. The van der Waals surface area contributed by atoms with Gasteiger partial charge in [0, 0.05) is 12.7 Å². The molecule has 7 nitrogen and oxygen atoms in total. The van der Waals surface area contributed by atoms with Gasteiger partial charge >= 0.3 is 6.03 Å². The first-order valence-electron chi connectivity index (χ1n) is 9.72. The van der Waals surface area contributed by atoms with Gasteiger partial charge < -0.3 is 10.6 Å². The van der Waals surface area contributed by atoms with E-state index < -0.39 is 0 Å². The first-order chi connectivity index (χ1) is 14.1. The molecule has 7 heteroatoms. The molecule has 2 aliphatic carbocycles. The standard InChI is InChI=1S/C22H20N4O3/c27-20-18-14-5-6-15(10-14)19(18)21(28)26(20)17-7-3-13(4-8-17)11-24-22(29)25-16-2-1-9-23-12-16/h1-9,12,14-15,18-19H,10-11H2,(H2,24,25,29). The zero-order valence-electron chi connectivity index (χ0n) is 15.6. The number of amides is 4. The molecule has 1 aromatic carbocycles. The van der Waals surface area contributed by atoms with Crippen LogP contribution in [0.1, 0.15) is 12.0 Å². The highest BCUT2D eigenvalue weighted by Gasteiger charge is 2.59. The van der Waals surface area contributed by atoms with Gasteiger partial charge in [-0.1, -0.05) is 24.3 Å². The molecular formula is C22H20N4O3. The second-order valence-electron chi connectivity index (χ2n) is 7.73. The number of pyridine rings is 1. The number of nitrogens with zero attached hydrogens (tertiary/aromatic N) is 2. The fourth-order valence-electron chi connectivity index (χ4n) is 4.71. The second kappa shape index (κ2) is 6.84. The zero-order chi connectivity index (χ0) is 20.0. The predicted molar refractivity (Wildman–Crippen MR) is 107 cm³/mol. The number of carbonyl (C=O) groups is 3. The van der Waals surface area contributed by atoms with Gasteiger partial charge in [-0.2, -0.15) is 0 Å². The number of nitrogens with one attached hydrogen (secondary N) is 2. The third-order valence-corrected chi connectivity index (χ3v) is 6.04. The van der Waals surface area contributed by atoms with Crippen molar-refractivity contribution in [2.75, 3.05) is 10.2 Å². The van der Waals surface area contributed by atoms with E-state index in [0.29, 0.717) is 17.9 Å². The molecule has 2 N–H and O–H groups in total. The summed E-state index contributed by atoms with van der Waals surface area (Å²) < 4.78 is 0. The van der Waals surface area contributed by atoms with Gasteiger partial charge in [0.25, 0.3) is 0 Å². The molecule has 1 saturated carbocycles. The Morgan fingerprint density at radius 3 is 2.34 bits per heavy atom. The number of aromatic nitrogens is 1. The number of imide groups is 1. The number of allylic oxidation sites excluding steroid dienone is 2. The van der Waals surface area contributed by atoms with Crippen LogP contribution in [-0.4, -0.2) is 22.8 Å². The molecule has 1 aliphatic heterocycles. The Morgan fingerprint density at radius 2 is 1.72 bits per heavy atom. The van der Waals surface area contributed by atoms with Gasteiger partial charge in [-0.3, -0.25) is 19.5 Å². The first kappa shape index (κ1) is 17.6. The molecule has 29 heavy (non-hydrogen) atoms. The SMILES string of the molecule is O=C(NCc1ccc(N2C(=O)C3C4C=CC(C4)C3C2=O)cc1)Nc1cccnc1. The summed E-state index contributed by atoms with van der Waals surface area (Å²) in [6, 6.07) is 10.3. The average Bonchev–Trinajstić information content (AvgIpc) is 3.42. The average molecular weight is 388 g/mol. The number of anilines is 2. The van der Waals surface area contributed by atoms with Crippen molar-refractivity contribution in [3.05, 3.63) is 66.5 Å². The Kier molecular flexibility index (Phi) is 4.16. The smallest absolute Gasteiger partial charge is 0.319 e. The molecule has 4 unspecified atom stereocenters. The maximum Gasteiger partial charge on any atom is 0.319 e.